The second-order valence-corrected chi connectivity index (χ2v) is 38.3. The van der Waals surface area contributed by atoms with Crippen LogP contribution in [0.2, 0.25) is 0 Å². The van der Waals surface area contributed by atoms with E-state index in [1.807, 2.05) is 0 Å². The van der Waals surface area contributed by atoms with E-state index in [0.29, 0.717) is 0 Å². The maximum absolute atomic E-state index is 2.69. The fourth-order valence-electron chi connectivity index (χ4n) is 24.1. The minimum atomic E-state index is 1.19. The van der Waals surface area contributed by atoms with Gasteiger partial charge in [-0.25, -0.2) is 0 Å². The predicted molar refractivity (Wildman–Crippen MR) is 567 cm³/mol. The number of hydrogen-bond acceptors (Lipinski definition) is 0. The molecule has 0 heteroatoms. The highest BCUT2D eigenvalue weighted by Crippen LogP contribution is 2.67. The summed E-state index contributed by atoms with van der Waals surface area (Å²) in [6.07, 6.45) is 0. The van der Waals surface area contributed by atoms with Crippen molar-refractivity contribution in [2.75, 3.05) is 0 Å². The summed E-state index contributed by atoms with van der Waals surface area (Å²) in [5.74, 6) is 0. The molecular weight excluding hydrogens is 1610 g/mol. The van der Waals surface area contributed by atoms with E-state index in [2.05, 4.69) is 456 Å². The van der Waals surface area contributed by atoms with Gasteiger partial charge in [-0.2, -0.15) is 0 Å². The highest BCUT2D eigenvalue weighted by Gasteiger charge is 2.40. The standard InChI is InChI=1S/C134H90/c1-75-29-45-87(46-30-75)111-107-73-109-110(74-108(107)112(88-47-31-76(2)32-48-88)128-100-66-70-104-121-103(69-65-99(119(100)121)127(111)128)131-115(91-53-37-79(5)38-54-91)123-95(83-21-13-9-14-22-83)61-62-96(84-23-15-10-16-24-84)124(123)116(132(104)131)92-55-39-80(6)40-56-92)114(90-51-35-78(4)36-52-90)130-102-68-72-106-122-105(71-67-101(120(102)122)129(130)113(109)89-49-33-77(3)34-50-89)133-117(93-57-41-81(7)42-58-93)125-97(85-25-17-11-18-26-85)63-64-98(86-27-19-12-20-28-86)126(125)118(134(106)133)94-59-43-82(8)44-60-94/h9-74H,1-8H3. The van der Waals surface area contributed by atoms with E-state index in [1.54, 1.807) is 0 Å². The van der Waals surface area contributed by atoms with Crippen molar-refractivity contribution >= 4 is 64.6 Å². The Morgan fingerprint density at radius 1 is 0.112 bits per heavy atom. The van der Waals surface area contributed by atoms with Crippen LogP contribution in [-0.4, -0.2) is 0 Å². The normalized spacial score (nSPS) is 12.2. The van der Waals surface area contributed by atoms with Crippen LogP contribution in [0.4, 0.5) is 0 Å². The predicted octanol–water partition coefficient (Wildman–Crippen LogP) is 36.1. The molecule has 0 aliphatic heterocycles. The SMILES string of the molecule is Cc1ccc(-c2c3c(c(-c4ccc(C)cc4)c4cc5c(-c6ccc(C)cc6)c6c(c(-c7ccc(C)cc7)c5cc24)=c2ccc4c5c(ccc=6c25)=c2c(-c5ccc(C)cc5)c5c(-c6ccccc6)ccc(-c6ccccc6)c5c(-c5ccc(C)cc5)c2=4)-c2ccc4c5c(ccc-3c25)-c2c-4c(-c3ccc(C)cc3)c3c(-c4ccccc4)ccc(-c4ccccc4)c3c2-c2ccc(C)cc2)cc1. The molecule has 0 nitrogen and oxygen atoms in total. The molecule has 4 aliphatic carbocycles. The van der Waals surface area contributed by atoms with Crippen molar-refractivity contribution in [3.8, 4) is 178 Å². The van der Waals surface area contributed by atoms with E-state index in [4.69, 9.17) is 0 Å². The number of benzene rings is 23. The Kier molecular flexibility index (Phi) is 17.1. The third-order valence-electron chi connectivity index (χ3n) is 30.2. The summed E-state index contributed by atoms with van der Waals surface area (Å²) < 4.78 is 0. The van der Waals surface area contributed by atoms with E-state index in [1.165, 1.54) is 329 Å². The first-order valence-corrected chi connectivity index (χ1v) is 47.3. The Balaban J connectivity index is 0.831. The maximum atomic E-state index is 2.69. The third-order valence-corrected chi connectivity index (χ3v) is 30.2. The largest absolute Gasteiger partial charge is 0.0622 e. The summed E-state index contributed by atoms with van der Waals surface area (Å²) in [4.78, 5) is 0. The Hall–Kier alpha value is -16.4. The average Bonchev–Trinajstić information content (AvgIpc) is 1.50. The topological polar surface area (TPSA) is 0 Å². The van der Waals surface area contributed by atoms with Gasteiger partial charge < -0.3 is 0 Å². The first-order valence-electron chi connectivity index (χ1n) is 47.3. The van der Waals surface area contributed by atoms with Crippen LogP contribution in [0.5, 0.6) is 0 Å². The molecule has 0 amide bonds. The van der Waals surface area contributed by atoms with E-state index >= 15 is 0 Å². The van der Waals surface area contributed by atoms with E-state index in [0.717, 1.165) is 0 Å². The van der Waals surface area contributed by atoms with E-state index in [9.17, 15) is 0 Å². The molecule has 0 heterocycles. The molecule has 0 N–H and O–H groups in total. The monoisotopic (exact) mass is 1700 g/mol. The number of rotatable bonds is 12. The van der Waals surface area contributed by atoms with Gasteiger partial charge in [0.15, 0.2) is 0 Å². The van der Waals surface area contributed by atoms with Gasteiger partial charge >= 0.3 is 0 Å². The molecule has 0 atom stereocenters. The molecule has 0 bridgehead atoms. The molecule has 0 spiro atoms. The number of aryl methyl sites for hydroxylation is 8. The van der Waals surface area contributed by atoms with Gasteiger partial charge in [-0.1, -0.05) is 433 Å². The van der Waals surface area contributed by atoms with Crippen LogP contribution in [0.3, 0.4) is 0 Å². The van der Waals surface area contributed by atoms with Crippen LogP contribution in [0.15, 0.2) is 400 Å². The molecule has 0 radical (unpaired) electrons. The summed E-state index contributed by atoms with van der Waals surface area (Å²) in [7, 11) is 0. The van der Waals surface area contributed by atoms with Gasteiger partial charge in [0.2, 0.25) is 0 Å². The smallest absolute Gasteiger partial charge is 0.000717 e. The molecule has 0 saturated heterocycles. The first-order chi connectivity index (χ1) is 65.8. The highest BCUT2D eigenvalue weighted by atomic mass is 14.4. The molecule has 27 rings (SSSR count). The van der Waals surface area contributed by atoms with Gasteiger partial charge in [0.25, 0.3) is 0 Å². The zero-order valence-electron chi connectivity index (χ0n) is 76.1. The van der Waals surface area contributed by atoms with Gasteiger partial charge in [-0.05, 0) is 352 Å². The Morgan fingerprint density at radius 3 is 0.530 bits per heavy atom. The highest BCUT2D eigenvalue weighted by molar-refractivity contribution is 6.38. The first kappa shape index (κ1) is 77.6. The molecule has 0 aromatic heterocycles. The lowest BCUT2D eigenvalue weighted by Gasteiger charge is -2.25. The van der Waals surface area contributed by atoms with Gasteiger partial charge in [0, 0.05) is 0 Å². The van der Waals surface area contributed by atoms with Crippen LogP contribution in [-0.2, 0) is 0 Å². The van der Waals surface area contributed by atoms with Crippen molar-refractivity contribution in [2.45, 2.75) is 55.4 Å². The van der Waals surface area contributed by atoms with Crippen molar-refractivity contribution < 1.29 is 0 Å². The van der Waals surface area contributed by atoms with Crippen molar-refractivity contribution in [1.82, 2.24) is 0 Å². The van der Waals surface area contributed by atoms with Crippen LogP contribution < -0.4 is 0 Å². The van der Waals surface area contributed by atoms with E-state index in [-0.39, 0.29) is 0 Å². The summed E-state index contributed by atoms with van der Waals surface area (Å²) in [6, 6.07) is 156. The zero-order valence-corrected chi connectivity index (χ0v) is 76.1. The summed E-state index contributed by atoms with van der Waals surface area (Å²) in [5.41, 5.74) is 49.1. The Morgan fingerprint density at radius 2 is 0.291 bits per heavy atom. The van der Waals surface area contributed by atoms with Gasteiger partial charge in [0.05, 0.1) is 0 Å². The molecule has 4 aliphatic rings. The second-order valence-electron chi connectivity index (χ2n) is 38.3. The zero-order chi connectivity index (χ0) is 89.3. The fourth-order valence-corrected chi connectivity index (χ4v) is 24.1. The third kappa shape index (κ3) is 11.4. The van der Waals surface area contributed by atoms with Gasteiger partial charge in [-0.3, -0.25) is 0 Å². The van der Waals surface area contributed by atoms with Crippen LogP contribution in [0, 0.1) is 97.1 Å². The lowest BCUT2D eigenvalue weighted by Crippen LogP contribution is -1.98. The Labute approximate surface area is 779 Å². The second kappa shape index (κ2) is 29.6. The minimum Gasteiger partial charge on any atom is -0.0622 e. The molecule has 0 fully saturated rings. The fraction of sp³-hybridized carbons (Fsp3) is 0.0597. The van der Waals surface area contributed by atoms with Crippen LogP contribution in [0.1, 0.15) is 44.5 Å². The van der Waals surface area contributed by atoms with Crippen molar-refractivity contribution in [3.63, 3.8) is 0 Å². The van der Waals surface area contributed by atoms with Crippen molar-refractivity contribution in [1.29, 1.82) is 0 Å². The molecular formula is C134H90. The molecule has 23 aromatic rings. The molecule has 626 valence electrons. The van der Waals surface area contributed by atoms with Crippen LogP contribution >= 0.6 is 0 Å². The molecule has 0 unspecified atom stereocenters. The Bertz CT molecular complexity index is 8990. The van der Waals surface area contributed by atoms with Crippen molar-refractivity contribution in [3.05, 3.63) is 487 Å². The number of fused-ring (bicyclic) bond motifs is 12. The number of hydrogen-bond donors (Lipinski definition) is 0. The van der Waals surface area contributed by atoms with Gasteiger partial charge in [0.1, 0.15) is 0 Å². The van der Waals surface area contributed by atoms with Gasteiger partial charge in [-0.15, -0.1) is 0 Å². The lowest BCUT2D eigenvalue weighted by atomic mass is 9.77. The minimum absolute atomic E-state index is 1.19. The van der Waals surface area contributed by atoms with E-state index < -0.39 is 0 Å². The lowest BCUT2D eigenvalue weighted by molar-refractivity contribution is 1.43. The summed E-state index contributed by atoms with van der Waals surface area (Å²) in [5, 5.41) is 25.2. The maximum Gasteiger partial charge on any atom is -0.000717 e. The molecule has 0 saturated carbocycles. The van der Waals surface area contributed by atoms with Crippen LogP contribution in [0.25, 0.3) is 243 Å². The molecule has 23 aromatic carbocycles. The quantitative estimate of drug-likeness (QED) is 0.107. The summed E-state index contributed by atoms with van der Waals surface area (Å²) >= 11 is 0. The average molecular weight is 1700 g/mol. The van der Waals surface area contributed by atoms with Crippen molar-refractivity contribution in [2.24, 2.45) is 0 Å². The molecule has 134 heavy (non-hydrogen) atoms. The summed E-state index contributed by atoms with van der Waals surface area (Å²) in [6.45, 7) is 17.8.